The van der Waals surface area contributed by atoms with Crippen molar-refractivity contribution >= 4 is 0 Å². The second kappa shape index (κ2) is 3.48. The first-order valence-electron chi connectivity index (χ1n) is 7.14. The van der Waals surface area contributed by atoms with Gasteiger partial charge in [-0.1, -0.05) is 42.0 Å². The van der Waals surface area contributed by atoms with Crippen LogP contribution in [-0.2, 0) is 5.41 Å². The predicted octanol–water partition coefficient (Wildman–Crippen LogP) is 3.00. The Labute approximate surface area is 109 Å². The number of fused-ring (bicyclic) bond motifs is 5. The molecule has 0 radical (unpaired) electrons. The topological polar surface area (TPSA) is 3.24 Å². The van der Waals surface area contributed by atoms with Gasteiger partial charge in [-0.15, -0.1) is 0 Å². The third-order valence-corrected chi connectivity index (χ3v) is 5.59. The first-order valence-corrected chi connectivity index (χ1v) is 7.14. The molecule has 1 aromatic carbocycles. The molecule has 94 valence electrons. The summed E-state index contributed by atoms with van der Waals surface area (Å²) in [4.78, 5) is 2.54. The van der Waals surface area contributed by atoms with Gasteiger partial charge in [0, 0.05) is 18.5 Å². The zero-order valence-electron chi connectivity index (χ0n) is 11.3. The summed E-state index contributed by atoms with van der Waals surface area (Å²) >= 11 is 0. The van der Waals surface area contributed by atoms with Gasteiger partial charge in [-0.05, 0) is 43.7 Å². The maximum Gasteiger partial charge on any atom is 0.0189 e. The maximum atomic E-state index is 2.54. The molecule has 3 aliphatic rings. The van der Waals surface area contributed by atoms with E-state index in [1.54, 1.807) is 5.56 Å². The predicted molar refractivity (Wildman–Crippen MR) is 74.6 cm³/mol. The van der Waals surface area contributed by atoms with Crippen LogP contribution in [0, 0.1) is 24.7 Å². The van der Waals surface area contributed by atoms with Crippen LogP contribution in [0.15, 0.2) is 36.4 Å². The van der Waals surface area contributed by atoms with Crippen molar-refractivity contribution in [2.45, 2.75) is 18.8 Å². The minimum absolute atomic E-state index is 0.419. The molecule has 1 nitrogen and oxygen atoms in total. The molecule has 18 heavy (non-hydrogen) atoms. The van der Waals surface area contributed by atoms with E-state index in [0.717, 1.165) is 17.8 Å². The van der Waals surface area contributed by atoms with E-state index in [-0.39, 0.29) is 0 Å². The SMILES string of the molecule is Cc1ccc(C23CN(C)CC2C2C=CC3C2)cc1. The van der Waals surface area contributed by atoms with E-state index in [1.807, 2.05) is 0 Å². The van der Waals surface area contributed by atoms with Crippen LogP contribution < -0.4 is 0 Å². The van der Waals surface area contributed by atoms with Gasteiger partial charge in [0.2, 0.25) is 0 Å². The molecule has 4 rings (SSSR count). The van der Waals surface area contributed by atoms with Crippen molar-refractivity contribution in [3.05, 3.63) is 47.5 Å². The standard InChI is InChI=1S/C17H21N/c1-12-3-6-14(7-4-12)17-11-18(2)10-16(17)13-5-8-15(17)9-13/h3-8,13,15-16H,9-11H2,1-2H3. The Balaban J connectivity index is 1.85. The highest BCUT2D eigenvalue weighted by Gasteiger charge is 2.60. The second-order valence-corrected chi connectivity index (χ2v) is 6.60. The summed E-state index contributed by atoms with van der Waals surface area (Å²) in [5.74, 6) is 2.46. The summed E-state index contributed by atoms with van der Waals surface area (Å²) in [5, 5.41) is 0. The van der Waals surface area contributed by atoms with Crippen LogP contribution in [0.1, 0.15) is 17.5 Å². The molecule has 0 amide bonds. The fourth-order valence-corrected chi connectivity index (χ4v) is 4.83. The number of hydrogen-bond donors (Lipinski definition) is 0. The number of rotatable bonds is 1. The summed E-state index contributed by atoms with van der Waals surface area (Å²) in [5.41, 5.74) is 3.37. The minimum Gasteiger partial charge on any atom is -0.305 e. The van der Waals surface area contributed by atoms with Gasteiger partial charge < -0.3 is 4.90 Å². The van der Waals surface area contributed by atoms with E-state index >= 15 is 0 Å². The molecule has 0 aromatic heterocycles. The van der Waals surface area contributed by atoms with E-state index < -0.39 is 0 Å². The maximum absolute atomic E-state index is 2.54. The molecule has 4 unspecified atom stereocenters. The van der Waals surface area contributed by atoms with Crippen molar-refractivity contribution in [1.29, 1.82) is 0 Å². The van der Waals surface area contributed by atoms with Crippen molar-refractivity contribution in [3.8, 4) is 0 Å². The van der Waals surface area contributed by atoms with E-state index in [4.69, 9.17) is 0 Å². The quantitative estimate of drug-likeness (QED) is 0.681. The number of likely N-dealkylation sites (N-methyl/N-ethyl adjacent to an activating group) is 1. The molecule has 2 aliphatic carbocycles. The Hall–Kier alpha value is -1.08. The molecule has 4 atom stereocenters. The zero-order valence-corrected chi connectivity index (χ0v) is 11.3. The normalized spacial score (nSPS) is 41.6. The van der Waals surface area contributed by atoms with Crippen molar-refractivity contribution < 1.29 is 0 Å². The smallest absolute Gasteiger partial charge is 0.0189 e. The third kappa shape index (κ3) is 1.21. The van der Waals surface area contributed by atoms with Crippen molar-refractivity contribution in [1.82, 2.24) is 4.90 Å². The fraction of sp³-hybridized carbons (Fsp3) is 0.529. The number of nitrogens with zero attached hydrogens (tertiary/aromatic N) is 1. The molecule has 1 saturated heterocycles. The van der Waals surface area contributed by atoms with Gasteiger partial charge in [0.1, 0.15) is 0 Å². The minimum atomic E-state index is 0.419. The fourth-order valence-electron chi connectivity index (χ4n) is 4.83. The van der Waals surface area contributed by atoms with Crippen molar-refractivity contribution in [2.75, 3.05) is 20.1 Å². The summed E-state index contributed by atoms with van der Waals surface area (Å²) in [6, 6.07) is 9.34. The lowest BCUT2D eigenvalue weighted by Gasteiger charge is -2.37. The Morgan fingerprint density at radius 2 is 1.94 bits per heavy atom. The average Bonchev–Trinajstić information content (AvgIpc) is 2.99. The largest absolute Gasteiger partial charge is 0.305 e. The lowest BCUT2D eigenvalue weighted by atomic mass is 9.66. The van der Waals surface area contributed by atoms with Crippen LogP contribution in [0.2, 0.25) is 0 Å². The van der Waals surface area contributed by atoms with E-state index in [2.05, 4.69) is 55.3 Å². The molecule has 1 saturated carbocycles. The van der Waals surface area contributed by atoms with Crippen LogP contribution in [-0.4, -0.2) is 25.0 Å². The first-order chi connectivity index (χ1) is 8.70. The van der Waals surface area contributed by atoms with Crippen LogP contribution in [0.5, 0.6) is 0 Å². The molecule has 1 aromatic rings. The Morgan fingerprint density at radius 1 is 1.17 bits per heavy atom. The van der Waals surface area contributed by atoms with Crippen LogP contribution in [0.3, 0.4) is 0 Å². The number of benzene rings is 1. The lowest BCUT2D eigenvalue weighted by molar-refractivity contribution is 0.308. The molecular formula is C17H21N. The van der Waals surface area contributed by atoms with Crippen LogP contribution >= 0.6 is 0 Å². The van der Waals surface area contributed by atoms with Gasteiger partial charge in [0.25, 0.3) is 0 Å². The molecule has 0 N–H and O–H groups in total. The van der Waals surface area contributed by atoms with Crippen molar-refractivity contribution in [2.24, 2.45) is 17.8 Å². The van der Waals surface area contributed by atoms with Crippen LogP contribution in [0.25, 0.3) is 0 Å². The Morgan fingerprint density at radius 3 is 2.72 bits per heavy atom. The van der Waals surface area contributed by atoms with Gasteiger partial charge in [0.05, 0.1) is 0 Å². The summed E-state index contributed by atoms with van der Waals surface area (Å²) < 4.78 is 0. The summed E-state index contributed by atoms with van der Waals surface area (Å²) in [6.07, 6.45) is 6.38. The monoisotopic (exact) mass is 239 g/mol. The van der Waals surface area contributed by atoms with Gasteiger partial charge in [-0.25, -0.2) is 0 Å². The summed E-state index contributed by atoms with van der Waals surface area (Å²) in [6.45, 7) is 4.70. The molecular weight excluding hydrogens is 218 g/mol. The van der Waals surface area contributed by atoms with E-state index in [9.17, 15) is 0 Å². The Bertz CT molecular complexity index is 501. The van der Waals surface area contributed by atoms with Gasteiger partial charge in [0.15, 0.2) is 0 Å². The van der Waals surface area contributed by atoms with E-state index in [0.29, 0.717) is 5.41 Å². The van der Waals surface area contributed by atoms with E-state index in [1.165, 1.54) is 25.1 Å². The average molecular weight is 239 g/mol. The lowest BCUT2D eigenvalue weighted by Crippen LogP contribution is -2.39. The number of hydrogen-bond acceptors (Lipinski definition) is 1. The molecule has 1 heterocycles. The third-order valence-electron chi connectivity index (χ3n) is 5.59. The first kappa shape index (κ1) is 10.8. The van der Waals surface area contributed by atoms with Gasteiger partial charge >= 0.3 is 0 Å². The highest BCUT2D eigenvalue weighted by atomic mass is 15.1. The Kier molecular flexibility index (Phi) is 2.09. The highest BCUT2D eigenvalue weighted by molar-refractivity contribution is 5.39. The van der Waals surface area contributed by atoms with Gasteiger partial charge in [-0.3, -0.25) is 0 Å². The molecule has 2 fully saturated rings. The van der Waals surface area contributed by atoms with Crippen LogP contribution in [0.4, 0.5) is 0 Å². The van der Waals surface area contributed by atoms with Gasteiger partial charge in [-0.2, -0.15) is 0 Å². The molecule has 1 aliphatic heterocycles. The highest BCUT2D eigenvalue weighted by Crippen LogP contribution is 2.60. The number of likely N-dealkylation sites (tertiary alicyclic amines) is 1. The number of aryl methyl sites for hydroxylation is 1. The van der Waals surface area contributed by atoms with Crippen molar-refractivity contribution in [3.63, 3.8) is 0 Å². The second-order valence-electron chi connectivity index (χ2n) is 6.60. The molecule has 1 heteroatoms. The molecule has 0 spiro atoms. The zero-order chi connectivity index (χ0) is 12.3. The summed E-state index contributed by atoms with van der Waals surface area (Å²) in [7, 11) is 2.29. The molecule has 2 bridgehead atoms. The number of allylic oxidation sites excluding steroid dienone is 2.